The summed E-state index contributed by atoms with van der Waals surface area (Å²) in [6.07, 6.45) is 1.12. The molecule has 0 aromatic heterocycles. The zero-order chi connectivity index (χ0) is 16.0. The second kappa shape index (κ2) is 7.58. The zero-order valence-corrected chi connectivity index (χ0v) is 11.8. The predicted molar refractivity (Wildman–Crippen MR) is 72.0 cm³/mol. The average molecular weight is 300 g/mol. The number of amides is 3. The molecule has 5 N–H and O–H groups in total. The Morgan fingerprint density at radius 3 is 2.52 bits per heavy atom. The molecular formula is C12H20N4O5. The molecule has 9 heteroatoms. The van der Waals surface area contributed by atoms with Crippen LogP contribution in [0.4, 0.5) is 0 Å². The van der Waals surface area contributed by atoms with Crippen LogP contribution >= 0.6 is 0 Å². The van der Waals surface area contributed by atoms with Crippen molar-refractivity contribution >= 4 is 23.7 Å². The smallest absolute Gasteiger partial charge is 0.322 e. The van der Waals surface area contributed by atoms with Gasteiger partial charge in [-0.15, -0.1) is 0 Å². The monoisotopic (exact) mass is 300 g/mol. The minimum atomic E-state index is -1.15. The highest BCUT2D eigenvalue weighted by Gasteiger charge is 2.34. The lowest BCUT2D eigenvalue weighted by atomic mass is 10.2. The first-order chi connectivity index (χ1) is 9.82. The molecule has 1 fully saturated rings. The lowest BCUT2D eigenvalue weighted by Gasteiger charge is -2.24. The molecule has 0 aromatic rings. The topological polar surface area (TPSA) is 142 Å². The molecule has 1 rings (SSSR count). The van der Waals surface area contributed by atoms with Gasteiger partial charge in [0.05, 0.1) is 12.6 Å². The molecule has 0 spiro atoms. The van der Waals surface area contributed by atoms with Gasteiger partial charge in [0.25, 0.3) is 0 Å². The fraction of sp³-hybridized carbons (Fsp3) is 0.667. The van der Waals surface area contributed by atoms with Crippen LogP contribution in [0, 0.1) is 0 Å². The van der Waals surface area contributed by atoms with Gasteiger partial charge in [0, 0.05) is 6.54 Å². The van der Waals surface area contributed by atoms with E-state index in [-0.39, 0.29) is 6.54 Å². The van der Waals surface area contributed by atoms with Gasteiger partial charge in [-0.1, -0.05) is 0 Å². The number of carboxylic acid groups (broad SMARTS) is 1. The number of carboxylic acids is 1. The van der Waals surface area contributed by atoms with Crippen molar-refractivity contribution in [3.8, 4) is 0 Å². The van der Waals surface area contributed by atoms with Gasteiger partial charge < -0.3 is 26.4 Å². The fourth-order valence-corrected chi connectivity index (χ4v) is 2.04. The van der Waals surface area contributed by atoms with Crippen molar-refractivity contribution in [2.45, 2.75) is 31.8 Å². The number of rotatable bonds is 6. The van der Waals surface area contributed by atoms with Gasteiger partial charge in [-0.05, 0) is 19.8 Å². The minimum Gasteiger partial charge on any atom is -0.480 e. The number of nitrogens with zero attached hydrogens (tertiary/aromatic N) is 1. The molecule has 21 heavy (non-hydrogen) atoms. The Morgan fingerprint density at radius 2 is 1.95 bits per heavy atom. The molecule has 1 saturated heterocycles. The van der Waals surface area contributed by atoms with Gasteiger partial charge in [0.15, 0.2) is 0 Å². The van der Waals surface area contributed by atoms with Gasteiger partial charge in [0.2, 0.25) is 17.7 Å². The van der Waals surface area contributed by atoms with Crippen LogP contribution in [0.3, 0.4) is 0 Å². The summed E-state index contributed by atoms with van der Waals surface area (Å²) in [5, 5.41) is 13.2. The summed E-state index contributed by atoms with van der Waals surface area (Å²) >= 11 is 0. The van der Waals surface area contributed by atoms with Crippen molar-refractivity contribution in [3.05, 3.63) is 0 Å². The highest BCUT2D eigenvalue weighted by atomic mass is 16.4. The van der Waals surface area contributed by atoms with Crippen molar-refractivity contribution in [1.82, 2.24) is 15.5 Å². The van der Waals surface area contributed by atoms with Crippen LogP contribution in [-0.2, 0) is 19.2 Å². The zero-order valence-electron chi connectivity index (χ0n) is 11.8. The van der Waals surface area contributed by atoms with E-state index in [1.165, 1.54) is 11.8 Å². The standard InChI is InChI=1S/C12H20N4O5/c1-7(13)11(20)14-5-9(17)16-4-2-3-8(16)12(21)15-6-10(18)19/h7-8H,2-6,13H2,1H3,(H,14,20)(H,15,21)(H,18,19). The molecule has 2 atom stereocenters. The first-order valence-corrected chi connectivity index (χ1v) is 6.65. The summed E-state index contributed by atoms with van der Waals surface area (Å²) in [6.45, 7) is 1.18. The Hall–Kier alpha value is -2.16. The lowest BCUT2D eigenvalue weighted by molar-refractivity contribution is -0.141. The number of nitrogens with two attached hydrogens (primary N) is 1. The van der Waals surface area contributed by atoms with Crippen LogP contribution in [0.15, 0.2) is 0 Å². The summed E-state index contributed by atoms with van der Waals surface area (Å²) in [5.74, 6) is -2.49. The molecule has 0 radical (unpaired) electrons. The van der Waals surface area contributed by atoms with E-state index in [9.17, 15) is 19.2 Å². The van der Waals surface area contributed by atoms with Gasteiger partial charge in [-0.25, -0.2) is 0 Å². The Kier molecular flexibility index (Phi) is 6.10. The summed E-state index contributed by atoms with van der Waals surface area (Å²) in [6, 6.07) is -1.41. The second-order valence-electron chi connectivity index (χ2n) is 4.86. The van der Waals surface area contributed by atoms with Crippen LogP contribution in [0.25, 0.3) is 0 Å². The second-order valence-corrected chi connectivity index (χ2v) is 4.86. The molecule has 118 valence electrons. The van der Waals surface area contributed by atoms with Crippen molar-refractivity contribution in [3.63, 3.8) is 0 Å². The third-order valence-corrected chi connectivity index (χ3v) is 3.12. The van der Waals surface area contributed by atoms with E-state index in [1.54, 1.807) is 0 Å². The van der Waals surface area contributed by atoms with Gasteiger partial charge in [-0.3, -0.25) is 19.2 Å². The number of carbonyl (C=O) groups excluding carboxylic acids is 3. The molecular weight excluding hydrogens is 280 g/mol. The maximum atomic E-state index is 12.0. The normalized spacial score (nSPS) is 19.0. The summed E-state index contributed by atoms with van der Waals surface area (Å²) in [4.78, 5) is 46.9. The van der Waals surface area contributed by atoms with Crippen LogP contribution in [0.2, 0.25) is 0 Å². The van der Waals surface area contributed by atoms with Crippen molar-refractivity contribution in [2.24, 2.45) is 5.73 Å². The molecule has 3 amide bonds. The van der Waals surface area contributed by atoms with E-state index in [1.807, 2.05) is 0 Å². The van der Waals surface area contributed by atoms with Gasteiger partial charge >= 0.3 is 5.97 Å². The Morgan fingerprint density at radius 1 is 1.29 bits per heavy atom. The van der Waals surface area contributed by atoms with Crippen molar-refractivity contribution < 1.29 is 24.3 Å². The SMILES string of the molecule is CC(N)C(=O)NCC(=O)N1CCCC1C(=O)NCC(=O)O. The highest BCUT2D eigenvalue weighted by Crippen LogP contribution is 2.17. The number of hydrogen-bond acceptors (Lipinski definition) is 5. The third-order valence-electron chi connectivity index (χ3n) is 3.12. The Labute approximate surface area is 121 Å². The van der Waals surface area contributed by atoms with Crippen LogP contribution < -0.4 is 16.4 Å². The summed E-state index contributed by atoms with van der Waals surface area (Å²) in [5.41, 5.74) is 5.36. The molecule has 0 saturated carbocycles. The molecule has 0 bridgehead atoms. The predicted octanol–water partition coefficient (Wildman–Crippen LogP) is -2.36. The minimum absolute atomic E-state index is 0.233. The molecule has 2 unspecified atom stereocenters. The largest absolute Gasteiger partial charge is 0.480 e. The first-order valence-electron chi connectivity index (χ1n) is 6.65. The molecule has 1 heterocycles. The highest BCUT2D eigenvalue weighted by molar-refractivity contribution is 5.92. The molecule has 0 aromatic carbocycles. The van der Waals surface area contributed by atoms with E-state index in [0.29, 0.717) is 19.4 Å². The van der Waals surface area contributed by atoms with E-state index in [2.05, 4.69) is 10.6 Å². The third kappa shape index (κ3) is 5.03. The van der Waals surface area contributed by atoms with Gasteiger partial charge in [0.1, 0.15) is 12.6 Å². The molecule has 0 aliphatic carbocycles. The number of nitrogens with one attached hydrogen (secondary N) is 2. The Balaban J connectivity index is 2.52. The maximum Gasteiger partial charge on any atom is 0.322 e. The van der Waals surface area contributed by atoms with E-state index in [0.717, 1.165) is 0 Å². The first kappa shape index (κ1) is 16.9. The van der Waals surface area contributed by atoms with Crippen LogP contribution in [0.5, 0.6) is 0 Å². The van der Waals surface area contributed by atoms with Gasteiger partial charge in [-0.2, -0.15) is 0 Å². The maximum absolute atomic E-state index is 12.0. The molecule has 1 aliphatic rings. The number of aliphatic carboxylic acids is 1. The summed E-state index contributed by atoms with van der Waals surface area (Å²) < 4.78 is 0. The van der Waals surface area contributed by atoms with E-state index >= 15 is 0 Å². The lowest BCUT2D eigenvalue weighted by Crippen LogP contribution is -2.50. The average Bonchev–Trinajstić information content (AvgIpc) is 2.90. The summed E-state index contributed by atoms with van der Waals surface area (Å²) in [7, 11) is 0. The van der Waals surface area contributed by atoms with Crippen LogP contribution in [0.1, 0.15) is 19.8 Å². The van der Waals surface area contributed by atoms with Crippen molar-refractivity contribution in [1.29, 1.82) is 0 Å². The fourth-order valence-electron chi connectivity index (χ4n) is 2.04. The molecule has 1 aliphatic heterocycles. The number of hydrogen-bond donors (Lipinski definition) is 4. The van der Waals surface area contributed by atoms with Crippen molar-refractivity contribution in [2.75, 3.05) is 19.6 Å². The Bertz CT molecular complexity index is 437. The number of likely N-dealkylation sites (tertiary alicyclic amines) is 1. The van der Waals surface area contributed by atoms with Crippen LogP contribution in [-0.4, -0.2) is 65.4 Å². The van der Waals surface area contributed by atoms with E-state index < -0.39 is 42.3 Å². The van der Waals surface area contributed by atoms with E-state index in [4.69, 9.17) is 10.8 Å². The molecule has 9 nitrogen and oxygen atoms in total. The quantitative estimate of drug-likeness (QED) is 0.432. The number of carbonyl (C=O) groups is 4.